The van der Waals surface area contributed by atoms with E-state index in [1.165, 1.54) is 17.7 Å². The van der Waals surface area contributed by atoms with E-state index in [2.05, 4.69) is 22.4 Å². The summed E-state index contributed by atoms with van der Waals surface area (Å²) in [6.45, 7) is 8.22. The maximum Gasteiger partial charge on any atom is 0.254 e. The predicted molar refractivity (Wildman–Crippen MR) is 118 cm³/mol. The lowest BCUT2D eigenvalue weighted by Crippen LogP contribution is -2.37. The van der Waals surface area contributed by atoms with Crippen molar-refractivity contribution in [3.8, 4) is 11.3 Å². The third kappa shape index (κ3) is 3.63. The van der Waals surface area contributed by atoms with E-state index >= 15 is 0 Å². The maximum atomic E-state index is 14.2. The van der Waals surface area contributed by atoms with Crippen LogP contribution in [0.1, 0.15) is 43.1 Å². The second-order valence-electron chi connectivity index (χ2n) is 7.84. The van der Waals surface area contributed by atoms with Crippen molar-refractivity contribution in [2.24, 2.45) is 0 Å². The number of aromatic nitrogens is 2. The van der Waals surface area contributed by atoms with Crippen LogP contribution in [0.5, 0.6) is 0 Å². The van der Waals surface area contributed by atoms with Crippen molar-refractivity contribution in [2.75, 3.05) is 19.6 Å². The molecule has 0 saturated heterocycles. The Morgan fingerprint density at radius 2 is 2.10 bits per heavy atom. The Labute approximate surface area is 176 Å². The number of carbonyl (C=O) groups is 1. The molecule has 0 unspecified atom stereocenters. The molecule has 0 bridgehead atoms. The molecule has 0 spiro atoms. The predicted octanol–water partition coefficient (Wildman–Crippen LogP) is 4.39. The largest absolute Gasteiger partial charge is 0.336 e. The normalized spacial score (nSPS) is 14.2. The van der Waals surface area contributed by atoms with E-state index in [1.807, 2.05) is 31.2 Å². The zero-order valence-corrected chi connectivity index (χ0v) is 17.7. The number of hydrogen-bond donors (Lipinski definition) is 1. The van der Waals surface area contributed by atoms with Crippen LogP contribution in [-0.2, 0) is 0 Å². The van der Waals surface area contributed by atoms with Crippen LogP contribution in [0.4, 0.5) is 4.39 Å². The SMILES string of the molecule is CCN(C(=O)c1cc(F)ccc1-c1cc(C2=CCNCC2)c2ccncn12)C(C)C. The number of amides is 1. The van der Waals surface area contributed by atoms with Crippen LogP contribution in [0.2, 0.25) is 0 Å². The van der Waals surface area contributed by atoms with Gasteiger partial charge < -0.3 is 10.2 Å². The quantitative estimate of drug-likeness (QED) is 0.684. The molecule has 3 heterocycles. The average molecular weight is 407 g/mol. The third-order valence-corrected chi connectivity index (χ3v) is 5.70. The van der Waals surface area contributed by atoms with Crippen LogP contribution < -0.4 is 5.32 Å². The summed E-state index contributed by atoms with van der Waals surface area (Å²) >= 11 is 0. The first kappa shape index (κ1) is 20.3. The molecule has 1 aliphatic rings. The van der Waals surface area contributed by atoms with Crippen molar-refractivity contribution < 1.29 is 9.18 Å². The van der Waals surface area contributed by atoms with Crippen LogP contribution in [0.15, 0.2) is 48.9 Å². The number of nitrogens with one attached hydrogen (secondary N) is 1. The van der Waals surface area contributed by atoms with E-state index in [4.69, 9.17) is 0 Å². The van der Waals surface area contributed by atoms with E-state index < -0.39 is 5.82 Å². The minimum atomic E-state index is -0.415. The molecule has 156 valence electrons. The molecular weight excluding hydrogens is 379 g/mol. The van der Waals surface area contributed by atoms with Crippen LogP contribution in [0.3, 0.4) is 0 Å². The maximum absolute atomic E-state index is 14.2. The second kappa shape index (κ2) is 8.40. The molecule has 4 rings (SSSR count). The first-order valence-electron chi connectivity index (χ1n) is 10.5. The van der Waals surface area contributed by atoms with Gasteiger partial charge in [0.2, 0.25) is 0 Å². The highest BCUT2D eigenvalue weighted by atomic mass is 19.1. The van der Waals surface area contributed by atoms with Gasteiger partial charge in [-0.3, -0.25) is 9.20 Å². The van der Waals surface area contributed by atoms with Crippen molar-refractivity contribution >= 4 is 17.0 Å². The fraction of sp³-hybridized carbons (Fsp3) is 0.333. The fourth-order valence-corrected chi connectivity index (χ4v) is 4.20. The Hall–Kier alpha value is -2.99. The number of rotatable bonds is 5. The van der Waals surface area contributed by atoms with E-state index in [0.29, 0.717) is 17.7 Å². The summed E-state index contributed by atoms with van der Waals surface area (Å²) in [7, 11) is 0. The van der Waals surface area contributed by atoms with E-state index in [0.717, 1.165) is 36.3 Å². The zero-order valence-electron chi connectivity index (χ0n) is 17.7. The van der Waals surface area contributed by atoms with Gasteiger partial charge in [0.05, 0.1) is 23.1 Å². The first-order valence-corrected chi connectivity index (χ1v) is 10.5. The van der Waals surface area contributed by atoms with Gasteiger partial charge in [0, 0.05) is 36.5 Å². The fourth-order valence-electron chi connectivity index (χ4n) is 4.20. The minimum Gasteiger partial charge on any atom is -0.336 e. The van der Waals surface area contributed by atoms with Crippen molar-refractivity contribution in [1.82, 2.24) is 19.6 Å². The molecule has 1 amide bonds. The van der Waals surface area contributed by atoms with Gasteiger partial charge in [0.15, 0.2) is 0 Å². The number of nitrogens with zero attached hydrogens (tertiary/aromatic N) is 3. The summed E-state index contributed by atoms with van der Waals surface area (Å²) < 4.78 is 16.2. The Morgan fingerprint density at radius 3 is 2.80 bits per heavy atom. The summed E-state index contributed by atoms with van der Waals surface area (Å²) in [5.74, 6) is -0.578. The van der Waals surface area contributed by atoms with E-state index in [9.17, 15) is 9.18 Å². The lowest BCUT2D eigenvalue weighted by molar-refractivity contribution is 0.0717. The number of benzene rings is 1. The smallest absolute Gasteiger partial charge is 0.254 e. The molecule has 0 aliphatic carbocycles. The van der Waals surface area contributed by atoms with Crippen LogP contribution in [-0.4, -0.2) is 45.9 Å². The molecule has 30 heavy (non-hydrogen) atoms. The molecule has 0 fully saturated rings. The molecule has 0 atom stereocenters. The van der Waals surface area contributed by atoms with Gasteiger partial charge in [-0.1, -0.05) is 6.08 Å². The summed E-state index contributed by atoms with van der Waals surface area (Å²) in [4.78, 5) is 19.4. The minimum absolute atomic E-state index is 0.0276. The molecule has 1 N–H and O–H groups in total. The molecule has 0 radical (unpaired) electrons. The van der Waals surface area contributed by atoms with Crippen LogP contribution in [0, 0.1) is 5.82 Å². The summed E-state index contributed by atoms with van der Waals surface area (Å²) in [6, 6.07) is 8.58. The van der Waals surface area contributed by atoms with Gasteiger partial charge in [0.1, 0.15) is 5.82 Å². The summed E-state index contributed by atoms with van der Waals surface area (Å²) in [5.41, 5.74) is 5.37. The van der Waals surface area contributed by atoms with Gasteiger partial charge in [0.25, 0.3) is 5.91 Å². The summed E-state index contributed by atoms with van der Waals surface area (Å²) in [5, 5.41) is 3.34. The molecule has 1 aliphatic heterocycles. The Balaban J connectivity index is 1.91. The number of halogens is 1. The Morgan fingerprint density at radius 1 is 1.27 bits per heavy atom. The number of fused-ring (bicyclic) bond motifs is 1. The lowest BCUT2D eigenvalue weighted by atomic mass is 9.99. The van der Waals surface area contributed by atoms with Gasteiger partial charge in [-0.05, 0) is 69.6 Å². The van der Waals surface area contributed by atoms with Crippen molar-refractivity contribution in [3.63, 3.8) is 0 Å². The highest BCUT2D eigenvalue weighted by molar-refractivity contribution is 6.01. The van der Waals surface area contributed by atoms with Crippen molar-refractivity contribution in [1.29, 1.82) is 0 Å². The van der Waals surface area contributed by atoms with E-state index in [1.54, 1.807) is 23.5 Å². The number of carbonyl (C=O) groups excluding carboxylic acids is 1. The first-order chi connectivity index (χ1) is 14.5. The van der Waals surface area contributed by atoms with E-state index in [-0.39, 0.29) is 11.9 Å². The van der Waals surface area contributed by atoms with Crippen LogP contribution >= 0.6 is 0 Å². The Bertz CT molecular complexity index is 1120. The standard InChI is InChI=1S/C24H27FN4O/c1-4-28(16(2)3)24(30)21-13-18(25)5-6-19(21)23-14-20(17-7-10-26-11-8-17)22-9-12-27-15-29(22)23/h5-7,9,12-16,26H,4,8,10-11H2,1-3H3. The van der Waals surface area contributed by atoms with Gasteiger partial charge in [-0.15, -0.1) is 0 Å². The highest BCUT2D eigenvalue weighted by Crippen LogP contribution is 2.34. The van der Waals surface area contributed by atoms with Gasteiger partial charge in [-0.25, -0.2) is 9.37 Å². The molecule has 3 aromatic rings. The molecule has 6 heteroatoms. The van der Waals surface area contributed by atoms with Gasteiger partial charge >= 0.3 is 0 Å². The molecule has 0 saturated carbocycles. The van der Waals surface area contributed by atoms with Crippen molar-refractivity contribution in [3.05, 3.63) is 65.9 Å². The number of hydrogen-bond acceptors (Lipinski definition) is 3. The Kier molecular flexibility index (Phi) is 5.68. The molecular formula is C24H27FN4O. The van der Waals surface area contributed by atoms with Gasteiger partial charge in [-0.2, -0.15) is 0 Å². The van der Waals surface area contributed by atoms with Crippen LogP contribution in [0.25, 0.3) is 22.3 Å². The molecule has 5 nitrogen and oxygen atoms in total. The average Bonchev–Trinajstić information content (AvgIpc) is 3.14. The lowest BCUT2D eigenvalue weighted by Gasteiger charge is -2.26. The van der Waals surface area contributed by atoms with Crippen molar-refractivity contribution in [2.45, 2.75) is 33.2 Å². The molecule has 2 aromatic heterocycles. The zero-order chi connectivity index (χ0) is 21.3. The monoisotopic (exact) mass is 406 g/mol. The second-order valence-corrected chi connectivity index (χ2v) is 7.84. The highest BCUT2D eigenvalue weighted by Gasteiger charge is 2.24. The summed E-state index contributed by atoms with van der Waals surface area (Å²) in [6.07, 6.45) is 6.68. The third-order valence-electron chi connectivity index (χ3n) is 5.70. The molecule has 1 aromatic carbocycles. The topological polar surface area (TPSA) is 49.6 Å².